The van der Waals surface area contributed by atoms with Crippen LogP contribution < -0.4 is 10.1 Å². The van der Waals surface area contributed by atoms with E-state index in [0.29, 0.717) is 11.5 Å². The Hall–Kier alpha value is -2.16. The zero-order valence-electron chi connectivity index (χ0n) is 17.0. The van der Waals surface area contributed by atoms with Gasteiger partial charge in [-0.2, -0.15) is 0 Å². The molecule has 0 saturated carbocycles. The maximum absolute atomic E-state index is 13.3. The quantitative estimate of drug-likeness (QED) is 0.300. The third-order valence-electron chi connectivity index (χ3n) is 5.35. The van der Waals surface area contributed by atoms with Crippen LogP contribution in [-0.4, -0.2) is 35.5 Å². The third-order valence-corrected chi connectivity index (χ3v) is 9.14. The SMILES string of the molecule is CC(OP(=O)(N1CC1)N1CC1)c1ccc(N=O)c(Oc2ccc([C@@H]3NC=CS3)cc2)c1. The van der Waals surface area contributed by atoms with Gasteiger partial charge in [0.1, 0.15) is 11.1 Å². The van der Waals surface area contributed by atoms with Gasteiger partial charge in [0.25, 0.3) is 0 Å². The Morgan fingerprint density at radius 3 is 2.42 bits per heavy atom. The van der Waals surface area contributed by atoms with Crippen molar-refractivity contribution in [2.75, 3.05) is 26.2 Å². The first-order valence-corrected chi connectivity index (χ1v) is 12.6. The van der Waals surface area contributed by atoms with E-state index in [1.54, 1.807) is 30.0 Å². The van der Waals surface area contributed by atoms with E-state index in [2.05, 4.69) is 10.5 Å². The molecular formula is C21H23N4O4PS. The normalized spacial score (nSPS) is 21.5. The van der Waals surface area contributed by atoms with E-state index < -0.39 is 13.8 Å². The number of thioether (sulfide) groups is 1. The summed E-state index contributed by atoms with van der Waals surface area (Å²) >= 11 is 1.70. The highest BCUT2D eigenvalue weighted by molar-refractivity contribution is 8.02. The molecular weight excluding hydrogens is 435 g/mol. The maximum Gasteiger partial charge on any atom is 0.346 e. The Kier molecular flexibility index (Phi) is 5.62. The zero-order chi connectivity index (χ0) is 21.4. The minimum Gasteiger partial charge on any atom is -0.455 e. The van der Waals surface area contributed by atoms with E-state index in [9.17, 15) is 9.47 Å². The lowest BCUT2D eigenvalue weighted by Gasteiger charge is -2.24. The van der Waals surface area contributed by atoms with E-state index in [1.165, 1.54) is 0 Å². The predicted octanol–water partition coefficient (Wildman–Crippen LogP) is 5.50. The number of nitrogens with one attached hydrogen (secondary N) is 1. The number of nitroso groups, excluding NO2 is 1. The summed E-state index contributed by atoms with van der Waals surface area (Å²) in [7, 11) is -2.95. The summed E-state index contributed by atoms with van der Waals surface area (Å²) < 4.78 is 29.1. The highest BCUT2D eigenvalue weighted by atomic mass is 32.2. The molecule has 0 spiro atoms. The minimum absolute atomic E-state index is 0.197. The summed E-state index contributed by atoms with van der Waals surface area (Å²) in [5, 5.41) is 8.57. The van der Waals surface area contributed by atoms with Crippen molar-refractivity contribution in [3.8, 4) is 11.5 Å². The van der Waals surface area contributed by atoms with Crippen molar-refractivity contribution in [2.24, 2.45) is 5.18 Å². The number of benzene rings is 2. The van der Waals surface area contributed by atoms with Crippen LogP contribution in [0.25, 0.3) is 0 Å². The van der Waals surface area contributed by atoms with E-state index in [-0.39, 0.29) is 11.1 Å². The van der Waals surface area contributed by atoms with Gasteiger partial charge in [-0.1, -0.05) is 18.2 Å². The smallest absolute Gasteiger partial charge is 0.346 e. The molecule has 1 N–H and O–H groups in total. The molecule has 10 heteroatoms. The first-order valence-electron chi connectivity index (χ1n) is 10.2. The van der Waals surface area contributed by atoms with Gasteiger partial charge in [-0.15, -0.1) is 16.7 Å². The van der Waals surface area contributed by atoms with Gasteiger partial charge in [0.15, 0.2) is 11.4 Å². The lowest BCUT2D eigenvalue weighted by molar-refractivity contribution is 0.200. The molecule has 0 aliphatic carbocycles. The van der Waals surface area contributed by atoms with Gasteiger partial charge < -0.3 is 10.1 Å². The van der Waals surface area contributed by atoms with Gasteiger partial charge in [0, 0.05) is 32.4 Å². The molecule has 2 aromatic carbocycles. The summed E-state index contributed by atoms with van der Waals surface area (Å²) in [4.78, 5) is 11.3. The van der Waals surface area contributed by atoms with Crippen molar-refractivity contribution in [2.45, 2.75) is 18.4 Å². The Morgan fingerprint density at radius 1 is 1.13 bits per heavy atom. The number of rotatable bonds is 9. The van der Waals surface area contributed by atoms with Crippen LogP contribution in [0.5, 0.6) is 11.5 Å². The fourth-order valence-electron chi connectivity index (χ4n) is 3.41. The summed E-state index contributed by atoms with van der Waals surface area (Å²) in [6.45, 7) is 5.04. The molecule has 2 fully saturated rings. The second-order valence-electron chi connectivity index (χ2n) is 7.62. The second-order valence-corrected chi connectivity index (χ2v) is 11.0. The second kappa shape index (κ2) is 8.41. The zero-order valence-corrected chi connectivity index (χ0v) is 18.7. The molecule has 5 rings (SSSR count). The van der Waals surface area contributed by atoms with Crippen LogP contribution in [0.4, 0.5) is 5.69 Å². The van der Waals surface area contributed by atoms with E-state index >= 15 is 0 Å². The van der Waals surface area contributed by atoms with Crippen molar-refractivity contribution in [3.63, 3.8) is 0 Å². The van der Waals surface area contributed by atoms with Crippen LogP contribution in [0.3, 0.4) is 0 Å². The molecule has 3 heterocycles. The summed E-state index contributed by atoms with van der Waals surface area (Å²) in [6, 6.07) is 12.8. The first-order chi connectivity index (χ1) is 15.1. The van der Waals surface area contributed by atoms with Gasteiger partial charge in [-0.25, -0.2) is 9.34 Å². The third kappa shape index (κ3) is 4.42. The predicted molar refractivity (Wildman–Crippen MR) is 121 cm³/mol. The Morgan fingerprint density at radius 2 is 1.84 bits per heavy atom. The standard InChI is InChI=1S/C21H23N4O4PS/c1-15(29-30(27,24-9-10-24)25-11-12-25)17-4-7-19(23-26)20(14-17)28-18-5-2-16(3-6-18)21-22-8-13-31-21/h2-8,13-15,21-22H,9-12H2,1H3/t15?,21-/m1/s1. The molecule has 2 aromatic rings. The summed E-state index contributed by atoms with van der Waals surface area (Å²) in [6.07, 6.45) is 1.51. The fourth-order valence-corrected chi connectivity index (χ4v) is 6.54. The van der Waals surface area contributed by atoms with Crippen molar-refractivity contribution < 1.29 is 13.8 Å². The molecule has 0 radical (unpaired) electrons. The van der Waals surface area contributed by atoms with Crippen LogP contribution >= 0.6 is 19.4 Å². The van der Waals surface area contributed by atoms with Gasteiger partial charge in [0.05, 0.1) is 6.10 Å². The first kappa shape index (κ1) is 20.7. The number of hydrogen-bond acceptors (Lipinski definition) is 7. The van der Waals surface area contributed by atoms with Crippen molar-refractivity contribution >= 4 is 25.1 Å². The van der Waals surface area contributed by atoms with Crippen molar-refractivity contribution in [3.05, 3.63) is 70.1 Å². The highest BCUT2D eigenvalue weighted by Gasteiger charge is 2.50. The van der Waals surface area contributed by atoms with Crippen molar-refractivity contribution in [1.82, 2.24) is 14.7 Å². The lowest BCUT2D eigenvalue weighted by Crippen LogP contribution is -2.10. The highest BCUT2D eigenvalue weighted by Crippen LogP contribution is 2.63. The topological polar surface area (TPSA) is 83.0 Å². The van der Waals surface area contributed by atoms with Crippen molar-refractivity contribution in [1.29, 1.82) is 0 Å². The fraction of sp³-hybridized carbons (Fsp3) is 0.333. The molecule has 0 amide bonds. The van der Waals surface area contributed by atoms with Crippen LogP contribution in [0, 0.1) is 4.91 Å². The number of ether oxygens (including phenoxy) is 1. The average molecular weight is 458 g/mol. The Bertz CT molecular complexity index is 1030. The van der Waals surface area contributed by atoms with Gasteiger partial charge in [0.2, 0.25) is 0 Å². The molecule has 3 aliphatic heterocycles. The summed E-state index contributed by atoms with van der Waals surface area (Å²) in [5.41, 5.74) is 2.12. The minimum atomic E-state index is -2.95. The Balaban J connectivity index is 1.33. The van der Waals surface area contributed by atoms with E-state index in [1.807, 2.05) is 52.1 Å². The lowest BCUT2D eigenvalue weighted by atomic mass is 10.1. The molecule has 0 bridgehead atoms. The van der Waals surface area contributed by atoms with Crippen LogP contribution in [0.1, 0.15) is 29.5 Å². The summed E-state index contributed by atoms with van der Waals surface area (Å²) in [5.74, 6) is 0.952. The molecule has 2 saturated heterocycles. The molecule has 31 heavy (non-hydrogen) atoms. The molecule has 2 atom stereocenters. The maximum atomic E-state index is 13.3. The Labute approximate surface area is 185 Å². The van der Waals surface area contributed by atoms with Crippen LogP contribution in [0.2, 0.25) is 0 Å². The van der Waals surface area contributed by atoms with Gasteiger partial charge in [-0.3, -0.25) is 9.09 Å². The van der Waals surface area contributed by atoms with Gasteiger partial charge in [-0.05, 0) is 52.9 Å². The monoisotopic (exact) mass is 458 g/mol. The van der Waals surface area contributed by atoms with Crippen LogP contribution in [-0.2, 0) is 9.09 Å². The van der Waals surface area contributed by atoms with E-state index in [4.69, 9.17) is 9.26 Å². The molecule has 1 unspecified atom stereocenters. The molecule has 8 nitrogen and oxygen atoms in total. The molecule has 162 valence electrons. The van der Waals surface area contributed by atoms with E-state index in [0.717, 1.165) is 37.3 Å². The number of nitrogens with zero attached hydrogens (tertiary/aromatic N) is 3. The molecule has 0 aromatic heterocycles. The molecule has 3 aliphatic rings. The number of hydrogen-bond donors (Lipinski definition) is 1. The van der Waals surface area contributed by atoms with Crippen LogP contribution in [0.15, 0.2) is 59.2 Å². The average Bonchev–Trinajstić information content (AvgIpc) is 3.72. The largest absolute Gasteiger partial charge is 0.455 e. The van der Waals surface area contributed by atoms with Gasteiger partial charge >= 0.3 is 7.67 Å².